The fraction of sp³-hybridized carbons (Fsp3) is 0.342. The Morgan fingerprint density at radius 2 is 1.71 bits per heavy atom. The highest BCUT2D eigenvalue weighted by Crippen LogP contribution is 2.39. The molecule has 2 aromatic heterocycles. The summed E-state index contributed by atoms with van der Waals surface area (Å²) in [4.78, 5) is 17.4. The quantitative estimate of drug-likeness (QED) is 0.130. The summed E-state index contributed by atoms with van der Waals surface area (Å²) in [6.45, 7) is 6.33. The number of benzene rings is 3. The second-order valence-corrected chi connectivity index (χ2v) is 18.8. The van der Waals surface area contributed by atoms with Crippen molar-refractivity contribution in [2.75, 3.05) is 37.0 Å². The van der Waals surface area contributed by atoms with Gasteiger partial charge < -0.3 is 10.2 Å². The fourth-order valence-corrected chi connectivity index (χ4v) is 9.18. The zero-order valence-corrected chi connectivity index (χ0v) is 31.4. The molecule has 0 aliphatic carbocycles. The number of aromatic nitrogens is 3. The summed E-state index contributed by atoms with van der Waals surface area (Å²) in [5, 5.41) is 4.08. The standard InChI is InChI=1S/C38H42FN5O4S3/c1-26(2)37-43-35(30-9-7-8-28(23-30)25-51(47,48)32-10-5-4-6-11-32)36(49-37)34-14-17-40-38(42-34)41-31-13-12-29(33(39)24-31)22-27-15-18-44(19-16-27)20-21-50(3,45)46/h4-14,17,23-24,26-27H,15-16,18-22,25H2,1-3H3,(H,40,41,42). The van der Waals surface area contributed by atoms with Gasteiger partial charge in [-0.15, -0.1) is 11.3 Å². The molecule has 1 aliphatic heterocycles. The highest BCUT2D eigenvalue weighted by atomic mass is 32.2. The van der Waals surface area contributed by atoms with E-state index in [0.29, 0.717) is 53.0 Å². The van der Waals surface area contributed by atoms with Crippen LogP contribution in [-0.4, -0.2) is 68.3 Å². The first-order valence-corrected chi connectivity index (χ1v) is 21.5. The molecule has 13 heteroatoms. The average molecular weight is 748 g/mol. The zero-order chi connectivity index (χ0) is 36.2. The summed E-state index contributed by atoms with van der Waals surface area (Å²) < 4.78 is 64.6. The lowest BCUT2D eigenvalue weighted by Gasteiger charge is -2.31. The normalized spacial score (nSPS) is 14.6. The molecule has 1 N–H and O–H groups in total. The van der Waals surface area contributed by atoms with E-state index in [9.17, 15) is 16.8 Å². The van der Waals surface area contributed by atoms with E-state index in [1.807, 2.05) is 36.4 Å². The fourth-order valence-electron chi connectivity index (χ4n) is 6.18. The molecule has 0 atom stereocenters. The molecule has 0 radical (unpaired) electrons. The van der Waals surface area contributed by atoms with Gasteiger partial charge in [0, 0.05) is 36.2 Å². The molecule has 0 bridgehead atoms. The minimum atomic E-state index is -3.53. The van der Waals surface area contributed by atoms with E-state index in [-0.39, 0.29) is 28.1 Å². The summed E-state index contributed by atoms with van der Waals surface area (Å²) in [5.41, 5.74) is 3.99. The number of nitrogens with zero attached hydrogens (tertiary/aromatic N) is 4. The summed E-state index contributed by atoms with van der Waals surface area (Å²) >= 11 is 1.53. The summed E-state index contributed by atoms with van der Waals surface area (Å²) in [5.74, 6) is 0.550. The van der Waals surface area contributed by atoms with Crippen LogP contribution >= 0.6 is 11.3 Å². The van der Waals surface area contributed by atoms with Gasteiger partial charge in [0.1, 0.15) is 15.7 Å². The Kier molecular flexibility index (Phi) is 11.3. The van der Waals surface area contributed by atoms with Gasteiger partial charge in [-0.25, -0.2) is 36.2 Å². The third-order valence-corrected chi connectivity index (χ3v) is 13.0. The van der Waals surface area contributed by atoms with Gasteiger partial charge in [-0.3, -0.25) is 0 Å². The van der Waals surface area contributed by atoms with E-state index in [2.05, 4.69) is 29.0 Å². The second kappa shape index (κ2) is 15.7. The maximum atomic E-state index is 15.3. The van der Waals surface area contributed by atoms with Gasteiger partial charge in [0.2, 0.25) is 5.95 Å². The summed E-state index contributed by atoms with van der Waals surface area (Å²) in [7, 11) is -6.52. The number of rotatable bonds is 13. The lowest BCUT2D eigenvalue weighted by Crippen LogP contribution is -2.37. The molecule has 3 heterocycles. The second-order valence-electron chi connectivity index (χ2n) is 13.5. The van der Waals surface area contributed by atoms with Crippen molar-refractivity contribution < 1.29 is 21.2 Å². The smallest absolute Gasteiger partial charge is 0.227 e. The maximum Gasteiger partial charge on any atom is 0.227 e. The Morgan fingerprint density at radius 1 is 0.941 bits per heavy atom. The van der Waals surface area contributed by atoms with Crippen molar-refractivity contribution in [3.05, 3.63) is 107 Å². The first-order valence-electron chi connectivity index (χ1n) is 17.0. The molecule has 3 aromatic carbocycles. The van der Waals surface area contributed by atoms with Crippen LogP contribution in [0.15, 0.2) is 90.0 Å². The first kappa shape index (κ1) is 36.7. The number of anilines is 2. The van der Waals surface area contributed by atoms with Crippen LogP contribution < -0.4 is 5.32 Å². The number of likely N-dealkylation sites (tertiary alicyclic amines) is 1. The number of hydrogen-bond donors (Lipinski definition) is 1. The van der Waals surface area contributed by atoms with Gasteiger partial charge in [-0.05, 0) is 85.8 Å². The van der Waals surface area contributed by atoms with Crippen LogP contribution in [0.5, 0.6) is 0 Å². The molecule has 9 nitrogen and oxygen atoms in total. The number of halogens is 1. The van der Waals surface area contributed by atoms with Crippen molar-refractivity contribution in [3.63, 3.8) is 0 Å². The molecule has 1 aliphatic rings. The van der Waals surface area contributed by atoms with Crippen LogP contribution in [0.3, 0.4) is 0 Å². The molecule has 1 fully saturated rings. The molecule has 268 valence electrons. The van der Waals surface area contributed by atoms with Crippen molar-refractivity contribution in [1.29, 1.82) is 0 Å². The predicted molar refractivity (Wildman–Crippen MR) is 202 cm³/mol. The van der Waals surface area contributed by atoms with Gasteiger partial charge in [0.15, 0.2) is 9.84 Å². The Morgan fingerprint density at radius 3 is 2.41 bits per heavy atom. The van der Waals surface area contributed by atoms with E-state index in [4.69, 9.17) is 9.97 Å². The molecule has 1 saturated heterocycles. The minimum Gasteiger partial charge on any atom is -0.324 e. The monoisotopic (exact) mass is 747 g/mol. The van der Waals surface area contributed by atoms with Crippen LogP contribution in [0.4, 0.5) is 16.0 Å². The largest absolute Gasteiger partial charge is 0.324 e. The van der Waals surface area contributed by atoms with E-state index in [1.54, 1.807) is 42.6 Å². The van der Waals surface area contributed by atoms with Crippen molar-refractivity contribution in [2.45, 2.75) is 49.7 Å². The number of nitrogens with one attached hydrogen (secondary N) is 1. The highest BCUT2D eigenvalue weighted by Gasteiger charge is 2.23. The molecular weight excluding hydrogens is 706 g/mol. The lowest BCUT2D eigenvalue weighted by molar-refractivity contribution is 0.192. The van der Waals surface area contributed by atoms with E-state index >= 15 is 4.39 Å². The molecule has 5 aromatic rings. The summed E-state index contributed by atoms with van der Waals surface area (Å²) in [6.07, 6.45) is 5.35. The molecular formula is C38H42FN5O4S3. The highest BCUT2D eigenvalue weighted by molar-refractivity contribution is 7.91. The van der Waals surface area contributed by atoms with Gasteiger partial charge in [-0.2, -0.15) is 0 Å². The van der Waals surface area contributed by atoms with Gasteiger partial charge >= 0.3 is 0 Å². The van der Waals surface area contributed by atoms with Crippen LogP contribution in [0, 0.1) is 11.7 Å². The Balaban J connectivity index is 1.17. The van der Waals surface area contributed by atoms with E-state index in [1.165, 1.54) is 23.7 Å². The topological polar surface area (TPSA) is 122 Å². The number of sulfone groups is 2. The minimum absolute atomic E-state index is 0.134. The molecule has 0 amide bonds. The lowest BCUT2D eigenvalue weighted by atomic mass is 9.90. The SMILES string of the molecule is CC(C)c1nc(-c2cccc(CS(=O)(=O)c3ccccc3)c2)c(-c2ccnc(Nc3ccc(CC4CCN(CCS(C)(=O)=O)CC4)c(F)c3)n2)s1. The molecule has 51 heavy (non-hydrogen) atoms. The first-order chi connectivity index (χ1) is 24.3. The molecule has 0 spiro atoms. The maximum absolute atomic E-state index is 15.3. The van der Waals surface area contributed by atoms with Gasteiger partial charge in [0.05, 0.1) is 37.7 Å². The van der Waals surface area contributed by atoms with E-state index < -0.39 is 19.7 Å². The van der Waals surface area contributed by atoms with Crippen molar-refractivity contribution >= 4 is 42.6 Å². The van der Waals surface area contributed by atoms with Crippen molar-refractivity contribution in [2.24, 2.45) is 5.92 Å². The number of piperidine rings is 1. The van der Waals surface area contributed by atoms with Gasteiger partial charge in [0.25, 0.3) is 0 Å². The van der Waals surface area contributed by atoms with Gasteiger partial charge in [-0.1, -0.05) is 56.3 Å². The average Bonchev–Trinajstić information content (AvgIpc) is 3.56. The summed E-state index contributed by atoms with van der Waals surface area (Å²) in [6, 6.07) is 22.8. The number of thiazole rings is 1. The molecule has 0 unspecified atom stereocenters. The number of hydrogen-bond acceptors (Lipinski definition) is 10. The zero-order valence-electron chi connectivity index (χ0n) is 28.9. The molecule has 6 rings (SSSR count). The van der Waals surface area contributed by atoms with E-state index in [0.717, 1.165) is 41.4 Å². The molecule has 0 saturated carbocycles. The van der Waals surface area contributed by atoms with Crippen LogP contribution in [0.2, 0.25) is 0 Å². The van der Waals surface area contributed by atoms with Crippen LogP contribution in [0.1, 0.15) is 48.7 Å². The third kappa shape index (κ3) is 9.65. The Hall–Kier alpha value is -4.04. The van der Waals surface area contributed by atoms with Crippen molar-refractivity contribution in [3.8, 4) is 21.8 Å². The Labute approximate surface area is 303 Å². The van der Waals surface area contributed by atoms with Crippen molar-refractivity contribution in [1.82, 2.24) is 19.9 Å². The Bertz CT molecular complexity index is 2200. The predicted octanol–water partition coefficient (Wildman–Crippen LogP) is 7.55. The van der Waals surface area contributed by atoms with Crippen LogP contribution in [0.25, 0.3) is 21.8 Å². The third-order valence-electron chi connectivity index (χ3n) is 8.99. The van der Waals surface area contributed by atoms with Crippen LogP contribution in [-0.2, 0) is 31.8 Å².